The third kappa shape index (κ3) is 3.60. The van der Waals surface area contributed by atoms with Crippen molar-refractivity contribution in [2.75, 3.05) is 7.11 Å². The van der Waals surface area contributed by atoms with Crippen LogP contribution in [-0.2, 0) is 13.6 Å². The van der Waals surface area contributed by atoms with E-state index in [1.54, 1.807) is 18.4 Å². The van der Waals surface area contributed by atoms with E-state index in [-0.39, 0.29) is 6.04 Å². The lowest BCUT2D eigenvalue weighted by Crippen LogP contribution is -2.25. The quantitative estimate of drug-likeness (QED) is 0.755. The van der Waals surface area contributed by atoms with Gasteiger partial charge in [0.1, 0.15) is 11.6 Å². The normalized spacial score (nSPS) is 12.3. The van der Waals surface area contributed by atoms with Crippen LogP contribution in [0.1, 0.15) is 28.1 Å². The second-order valence-corrected chi connectivity index (χ2v) is 6.41. The average Bonchev–Trinajstić information content (AvgIpc) is 3.17. The van der Waals surface area contributed by atoms with Crippen LogP contribution in [0.4, 0.5) is 0 Å². The lowest BCUT2D eigenvalue weighted by molar-refractivity contribution is 0.413. The van der Waals surface area contributed by atoms with E-state index >= 15 is 0 Å². The maximum absolute atomic E-state index is 5.35. The topological polar surface area (TPSA) is 52.0 Å². The Morgan fingerprint density at radius 2 is 2.26 bits per heavy atom. The second kappa shape index (κ2) is 6.93. The number of methoxy groups -OCH3 is 1. The minimum absolute atomic E-state index is 0.0212. The van der Waals surface area contributed by atoms with Gasteiger partial charge in [-0.25, -0.2) is 9.97 Å². The van der Waals surface area contributed by atoms with Gasteiger partial charge in [0.2, 0.25) is 0 Å². The van der Waals surface area contributed by atoms with Crippen molar-refractivity contribution >= 4 is 11.3 Å². The van der Waals surface area contributed by atoms with E-state index in [1.165, 1.54) is 0 Å². The van der Waals surface area contributed by atoms with Gasteiger partial charge >= 0.3 is 0 Å². The molecule has 1 aromatic carbocycles. The van der Waals surface area contributed by atoms with Crippen LogP contribution in [0.15, 0.2) is 42.0 Å². The Labute approximate surface area is 140 Å². The van der Waals surface area contributed by atoms with Crippen molar-refractivity contribution in [2.45, 2.75) is 19.5 Å². The number of aromatic nitrogens is 3. The summed E-state index contributed by atoms with van der Waals surface area (Å²) >= 11 is 1.67. The number of aryl methyl sites for hydroxylation is 2. The standard InChI is InChI=1S/C17H20N4OS/c1-12-20-14(11-23-12)10-19-16(17-18-7-8-21(17)2)13-5-4-6-15(9-13)22-3/h4-9,11,16,19H,10H2,1-3H3/t16-/m1/s1. The fraction of sp³-hybridized carbons (Fsp3) is 0.294. The van der Waals surface area contributed by atoms with Gasteiger partial charge < -0.3 is 9.30 Å². The Balaban J connectivity index is 1.88. The van der Waals surface area contributed by atoms with Gasteiger partial charge in [0, 0.05) is 31.4 Å². The summed E-state index contributed by atoms with van der Waals surface area (Å²) in [6.45, 7) is 2.71. The molecule has 0 fully saturated rings. The molecule has 0 aliphatic carbocycles. The van der Waals surface area contributed by atoms with Crippen LogP contribution in [0.25, 0.3) is 0 Å². The first-order chi connectivity index (χ1) is 11.2. The van der Waals surface area contributed by atoms with Gasteiger partial charge in [0.25, 0.3) is 0 Å². The predicted molar refractivity (Wildman–Crippen MR) is 91.7 cm³/mol. The minimum atomic E-state index is -0.0212. The molecule has 0 unspecified atom stereocenters. The molecule has 23 heavy (non-hydrogen) atoms. The molecular formula is C17H20N4OS. The van der Waals surface area contributed by atoms with Crippen LogP contribution in [0.2, 0.25) is 0 Å². The Bertz CT molecular complexity index is 780. The summed E-state index contributed by atoms with van der Waals surface area (Å²) in [5.74, 6) is 1.80. The number of imidazole rings is 1. The highest BCUT2D eigenvalue weighted by atomic mass is 32.1. The maximum atomic E-state index is 5.35. The van der Waals surface area contributed by atoms with E-state index in [4.69, 9.17) is 4.74 Å². The predicted octanol–water partition coefficient (Wildman–Crippen LogP) is 3.07. The SMILES string of the molecule is COc1cccc([C@@H](NCc2csc(C)n2)c2nccn2C)c1. The summed E-state index contributed by atoms with van der Waals surface area (Å²) in [7, 11) is 3.69. The molecule has 0 radical (unpaired) electrons. The van der Waals surface area contributed by atoms with Crippen LogP contribution in [0.3, 0.4) is 0 Å². The van der Waals surface area contributed by atoms with Gasteiger partial charge in [-0.1, -0.05) is 12.1 Å². The van der Waals surface area contributed by atoms with Gasteiger partial charge in [-0.2, -0.15) is 0 Å². The molecule has 0 saturated heterocycles. The van der Waals surface area contributed by atoms with Crippen LogP contribution in [0.5, 0.6) is 5.75 Å². The fourth-order valence-electron chi connectivity index (χ4n) is 2.53. The van der Waals surface area contributed by atoms with Crippen molar-refractivity contribution < 1.29 is 4.74 Å². The van der Waals surface area contributed by atoms with E-state index < -0.39 is 0 Å². The minimum Gasteiger partial charge on any atom is -0.497 e. The third-order valence-corrected chi connectivity index (χ3v) is 4.52. The highest BCUT2D eigenvalue weighted by Crippen LogP contribution is 2.24. The van der Waals surface area contributed by atoms with Crippen LogP contribution >= 0.6 is 11.3 Å². The lowest BCUT2D eigenvalue weighted by atomic mass is 10.1. The van der Waals surface area contributed by atoms with Gasteiger partial charge in [-0.05, 0) is 24.6 Å². The highest BCUT2D eigenvalue weighted by molar-refractivity contribution is 7.09. The third-order valence-electron chi connectivity index (χ3n) is 3.70. The highest BCUT2D eigenvalue weighted by Gasteiger charge is 2.18. The van der Waals surface area contributed by atoms with Crippen molar-refractivity contribution in [3.63, 3.8) is 0 Å². The Morgan fingerprint density at radius 1 is 1.39 bits per heavy atom. The summed E-state index contributed by atoms with van der Waals surface area (Å²) in [6, 6.07) is 8.05. The molecule has 5 nitrogen and oxygen atoms in total. The first-order valence-electron chi connectivity index (χ1n) is 7.43. The van der Waals surface area contributed by atoms with E-state index in [9.17, 15) is 0 Å². The van der Waals surface area contributed by atoms with Gasteiger partial charge in [-0.3, -0.25) is 5.32 Å². The zero-order chi connectivity index (χ0) is 16.2. The molecule has 3 aromatic rings. The van der Waals surface area contributed by atoms with Gasteiger partial charge in [-0.15, -0.1) is 11.3 Å². The molecule has 6 heteroatoms. The number of ether oxygens (including phenoxy) is 1. The van der Waals surface area contributed by atoms with Crippen molar-refractivity contribution in [1.82, 2.24) is 19.9 Å². The Morgan fingerprint density at radius 3 is 2.91 bits per heavy atom. The summed E-state index contributed by atoms with van der Waals surface area (Å²) in [4.78, 5) is 9.03. The smallest absolute Gasteiger partial charge is 0.130 e. The van der Waals surface area contributed by atoms with E-state index in [0.717, 1.165) is 27.8 Å². The molecule has 1 atom stereocenters. The van der Waals surface area contributed by atoms with Crippen molar-refractivity contribution in [3.8, 4) is 5.75 Å². The lowest BCUT2D eigenvalue weighted by Gasteiger charge is -2.19. The number of thiazole rings is 1. The number of hydrogen-bond acceptors (Lipinski definition) is 5. The largest absolute Gasteiger partial charge is 0.497 e. The number of hydrogen-bond donors (Lipinski definition) is 1. The van der Waals surface area contributed by atoms with Crippen molar-refractivity contribution in [2.24, 2.45) is 7.05 Å². The maximum Gasteiger partial charge on any atom is 0.130 e. The van der Waals surface area contributed by atoms with Gasteiger partial charge in [0.05, 0.1) is 23.9 Å². The molecule has 2 heterocycles. The molecule has 1 N–H and O–H groups in total. The van der Waals surface area contributed by atoms with Crippen LogP contribution in [0, 0.1) is 6.92 Å². The monoisotopic (exact) mass is 328 g/mol. The number of nitrogens with zero attached hydrogens (tertiary/aromatic N) is 3. The molecule has 0 aliphatic rings. The molecule has 0 spiro atoms. The summed E-state index contributed by atoms with van der Waals surface area (Å²) in [5.41, 5.74) is 2.17. The van der Waals surface area contributed by atoms with Gasteiger partial charge in [0.15, 0.2) is 0 Å². The summed E-state index contributed by atoms with van der Waals surface area (Å²) < 4.78 is 7.38. The Kier molecular flexibility index (Phi) is 4.73. The number of nitrogens with one attached hydrogen (secondary N) is 1. The number of rotatable bonds is 6. The molecule has 2 aromatic heterocycles. The molecular weight excluding hydrogens is 308 g/mol. The molecule has 3 rings (SSSR count). The summed E-state index contributed by atoms with van der Waals surface area (Å²) in [6.07, 6.45) is 3.77. The molecule has 0 bridgehead atoms. The Hall–Kier alpha value is -2.18. The zero-order valence-corrected chi connectivity index (χ0v) is 14.3. The first kappa shape index (κ1) is 15.7. The summed E-state index contributed by atoms with van der Waals surface area (Å²) in [5, 5.41) is 6.73. The van der Waals surface area contributed by atoms with E-state index in [1.807, 2.05) is 49.1 Å². The fourth-order valence-corrected chi connectivity index (χ4v) is 3.14. The second-order valence-electron chi connectivity index (χ2n) is 5.34. The van der Waals surface area contributed by atoms with Crippen LogP contribution < -0.4 is 10.1 Å². The van der Waals surface area contributed by atoms with Crippen molar-refractivity contribution in [1.29, 1.82) is 0 Å². The van der Waals surface area contributed by atoms with E-state index in [2.05, 4.69) is 26.7 Å². The molecule has 0 saturated carbocycles. The van der Waals surface area contributed by atoms with Crippen molar-refractivity contribution in [3.05, 3.63) is 64.1 Å². The number of benzene rings is 1. The zero-order valence-electron chi connectivity index (χ0n) is 13.5. The molecule has 0 aliphatic heterocycles. The average molecular weight is 328 g/mol. The first-order valence-corrected chi connectivity index (χ1v) is 8.31. The molecule has 0 amide bonds. The van der Waals surface area contributed by atoms with E-state index in [0.29, 0.717) is 6.54 Å². The molecule has 120 valence electrons. The van der Waals surface area contributed by atoms with Crippen LogP contribution in [-0.4, -0.2) is 21.6 Å².